The number of fused-ring (bicyclic) bond motifs is 1. The topological polar surface area (TPSA) is 24.4 Å². The molecule has 1 aliphatic heterocycles. The largest absolute Gasteiger partial charge is 0.358 e. The minimum absolute atomic E-state index is 0.462. The normalized spacial score (nSPS) is 25.4. The van der Waals surface area contributed by atoms with E-state index >= 15 is 0 Å². The number of hydrogen-bond acceptors (Lipinski definition) is 3. The van der Waals surface area contributed by atoms with Gasteiger partial charge in [0.05, 0.1) is 12.6 Å². The van der Waals surface area contributed by atoms with Crippen LogP contribution in [0, 0.1) is 5.92 Å². The van der Waals surface area contributed by atoms with Crippen molar-refractivity contribution in [1.82, 2.24) is 5.32 Å². The van der Waals surface area contributed by atoms with Crippen molar-refractivity contribution in [1.29, 1.82) is 0 Å². The maximum Gasteiger partial charge on any atom is 0.157 e. The van der Waals surface area contributed by atoms with E-state index in [2.05, 4.69) is 43.4 Å². The number of nitrogens with one attached hydrogen (secondary N) is 1. The van der Waals surface area contributed by atoms with Gasteiger partial charge in [-0.15, -0.1) is 0 Å². The molecule has 108 valence electrons. The molecule has 1 N–H and O–H groups in total. The lowest BCUT2D eigenvalue weighted by atomic mass is 9.88. The van der Waals surface area contributed by atoms with Gasteiger partial charge in [-0.3, -0.25) is 4.99 Å². The molecule has 20 heavy (non-hydrogen) atoms. The molecule has 3 heteroatoms. The van der Waals surface area contributed by atoms with Crippen LogP contribution in [0.1, 0.15) is 50.3 Å². The summed E-state index contributed by atoms with van der Waals surface area (Å²) in [7, 11) is 0. The molecule has 0 bridgehead atoms. The van der Waals surface area contributed by atoms with Gasteiger partial charge < -0.3 is 5.32 Å². The van der Waals surface area contributed by atoms with Crippen molar-refractivity contribution in [3.63, 3.8) is 0 Å². The van der Waals surface area contributed by atoms with Crippen molar-refractivity contribution < 1.29 is 0 Å². The Balaban J connectivity index is 1.63. The summed E-state index contributed by atoms with van der Waals surface area (Å²) in [5.74, 6) is 0.762. The lowest BCUT2D eigenvalue weighted by Gasteiger charge is -2.27. The highest BCUT2D eigenvalue weighted by molar-refractivity contribution is 8.14. The fourth-order valence-corrected chi connectivity index (χ4v) is 4.50. The minimum atomic E-state index is 0.462. The molecule has 2 nitrogen and oxygen atoms in total. The highest BCUT2D eigenvalue weighted by atomic mass is 32.2. The van der Waals surface area contributed by atoms with Crippen LogP contribution in [-0.2, 0) is 6.42 Å². The van der Waals surface area contributed by atoms with E-state index < -0.39 is 0 Å². The molecule has 0 aromatic heterocycles. The highest BCUT2D eigenvalue weighted by Crippen LogP contribution is 2.32. The molecule has 1 aliphatic carbocycles. The molecule has 0 amide bonds. The third kappa shape index (κ3) is 3.20. The van der Waals surface area contributed by atoms with Gasteiger partial charge in [-0.05, 0) is 42.7 Å². The number of aliphatic imine (C=N–C) groups is 1. The fraction of sp³-hybridized carbons (Fsp3) is 0.588. The number of thioether (sulfide) groups is 1. The summed E-state index contributed by atoms with van der Waals surface area (Å²) < 4.78 is 0. The zero-order valence-corrected chi connectivity index (χ0v) is 13.2. The molecule has 2 atom stereocenters. The van der Waals surface area contributed by atoms with E-state index in [0.29, 0.717) is 11.3 Å². The number of hydrogen-bond donors (Lipinski definition) is 1. The van der Waals surface area contributed by atoms with Gasteiger partial charge in [0.2, 0.25) is 0 Å². The Hall–Kier alpha value is -0.960. The molecule has 0 radical (unpaired) electrons. The number of rotatable bonds is 3. The van der Waals surface area contributed by atoms with Gasteiger partial charge in [-0.1, -0.05) is 49.9 Å². The Labute approximate surface area is 126 Å². The number of nitrogens with zero attached hydrogens (tertiary/aromatic N) is 1. The fourth-order valence-electron chi connectivity index (χ4n) is 3.20. The van der Waals surface area contributed by atoms with Crippen molar-refractivity contribution in [3.05, 3.63) is 35.4 Å². The Morgan fingerprint density at radius 2 is 2.20 bits per heavy atom. The van der Waals surface area contributed by atoms with Crippen LogP contribution in [0.3, 0.4) is 0 Å². The first kappa shape index (κ1) is 14.0. The highest BCUT2D eigenvalue weighted by Gasteiger charge is 2.25. The number of benzene rings is 1. The van der Waals surface area contributed by atoms with E-state index in [1.165, 1.54) is 36.8 Å². The smallest absolute Gasteiger partial charge is 0.157 e. The van der Waals surface area contributed by atoms with Crippen LogP contribution in [0.25, 0.3) is 0 Å². The van der Waals surface area contributed by atoms with Gasteiger partial charge in [-0.2, -0.15) is 0 Å². The zero-order valence-electron chi connectivity index (χ0n) is 12.4. The Morgan fingerprint density at radius 1 is 1.35 bits per heavy atom. The second-order valence-electron chi connectivity index (χ2n) is 6.30. The van der Waals surface area contributed by atoms with E-state index in [0.717, 1.165) is 17.6 Å². The van der Waals surface area contributed by atoms with E-state index in [9.17, 15) is 0 Å². The molecule has 1 aromatic rings. The lowest BCUT2D eigenvalue weighted by molar-refractivity contribution is 0.529. The summed E-state index contributed by atoms with van der Waals surface area (Å²) in [6.07, 6.45) is 5.00. The van der Waals surface area contributed by atoms with Crippen LogP contribution in [0.15, 0.2) is 29.3 Å². The summed E-state index contributed by atoms with van der Waals surface area (Å²) in [5, 5.41) is 5.53. The first-order valence-electron chi connectivity index (χ1n) is 7.78. The van der Waals surface area contributed by atoms with Crippen LogP contribution < -0.4 is 5.32 Å². The average Bonchev–Trinajstić information content (AvgIpc) is 2.86. The third-order valence-corrected chi connectivity index (χ3v) is 5.26. The summed E-state index contributed by atoms with van der Waals surface area (Å²) in [6.45, 7) is 5.58. The number of amidine groups is 1. The second kappa shape index (κ2) is 6.21. The van der Waals surface area contributed by atoms with E-state index in [1.54, 1.807) is 0 Å². The predicted octanol–water partition coefficient (Wildman–Crippen LogP) is 4.17. The van der Waals surface area contributed by atoms with Crippen molar-refractivity contribution >= 4 is 16.9 Å². The monoisotopic (exact) mass is 288 g/mol. The standard InChI is InChI=1S/C17H24N2S/c1-12(2)10-14-11-18-17(20-14)19-16-9-5-7-13-6-3-4-8-15(13)16/h3-4,6,8,12,14,16H,5,7,9-11H2,1-2H3,(H,18,19). The van der Waals surface area contributed by atoms with Crippen molar-refractivity contribution in [2.75, 3.05) is 6.54 Å². The Morgan fingerprint density at radius 3 is 3.05 bits per heavy atom. The third-order valence-electron chi connectivity index (χ3n) is 4.12. The van der Waals surface area contributed by atoms with Crippen LogP contribution >= 0.6 is 11.8 Å². The van der Waals surface area contributed by atoms with Crippen LogP contribution in [-0.4, -0.2) is 17.0 Å². The summed E-state index contributed by atoms with van der Waals surface area (Å²) in [4.78, 5) is 4.71. The first-order valence-corrected chi connectivity index (χ1v) is 8.66. The van der Waals surface area contributed by atoms with Gasteiger partial charge in [0.1, 0.15) is 0 Å². The van der Waals surface area contributed by atoms with Crippen LogP contribution in [0.5, 0.6) is 0 Å². The van der Waals surface area contributed by atoms with Crippen LogP contribution in [0.4, 0.5) is 0 Å². The van der Waals surface area contributed by atoms with E-state index in [-0.39, 0.29) is 0 Å². The van der Waals surface area contributed by atoms with Gasteiger partial charge in [-0.25, -0.2) is 0 Å². The number of aryl methyl sites for hydroxylation is 1. The molecule has 0 fully saturated rings. The maximum atomic E-state index is 4.71. The quantitative estimate of drug-likeness (QED) is 0.902. The summed E-state index contributed by atoms with van der Waals surface area (Å²) >= 11 is 1.95. The molecule has 1 heterocycles. The van der Waals surface area contributed by atoms with Crippen molar-refractivity contribution in [3.8, 4) is 0 Å². The van der Waals surface area contributed by atoms with Gasteiger partial charge >= 0.3 is 0 Å². The average molecular weight is 288 g/mol. The SMILES string of the molecule is CC(C)CC1CN=C(NC2CCCc3ccccc32)S1. The molecular weight excluding hydrogens is 264 g/mol. The molecule has 0 saturated carbocycles. The van der Waals surface area contributed by atoms with Crippen molar-refractivity contribution in [2.24, 2.45) is 10.9 Å². The molecule has 1 aromatic carbocycles. The zero-order chi connectivity index (χ0) is 13.9. The van der Waals surface area contributed by atoms with Crippen LogP contribution in [0.2, 0.25) is 0 Å². The summed E-state index contributed by atoms with van der Waals surface area (Å²) in [5.41, 5.74) is 2.99. The van der Waals surface area contributed by atoms with E-state index in [4.69, 9.17) is 4.99 Å². The molecule has 3 rings (SSSR count). The lowest BCUT2D eigenvalue weighted by Crippen LogP contribution is -2.28. The minimum Gasteiger partial charge on any atom is -0.358 e. The molecular formula is C17H24N2S. The second-order valence-corrected chi connectivity index (χ2v) is 7.59. The van der Waals surface area contributed by atoms with Crippen molar-refractivity contribution in [2.45, 2.75) is 50.8 Å². The Kier molecular flexibility index (Phi) is 4.35. The molecule has 0 saturated heterocycles. The molecule has 0 spiro atoms. The van der Waals surface area contributed by atoms with Gasteiger partial charge in [0, 0.05) is 5.25 Å². The predicted molar refractivity (Wildman–Crippen MR) is 88.4 cm³/mol. The maximum absolute atomic E-state index is 4.71. The molecule has 2 aliphatic rings. The Bertz CT molecular complexity index is 496. The summed E-state index contributed by atoms with van der Waals surface area (Å²) in [6, 6.07) is 9.32. The van der Waals surface area contributed by atoms with E-state index in [1.807, 2.05) is 11.8 Å². The molecule has 2 unspecified atom stereocenters. The first-order chi connectivity index (χ1) is 9.72. The van der Waals surface area contributed by atoms with Gasteiger partial charge in [0.15, 0.2) is 5.17 Å². The van der Waals surface area contributed by atoms with Gasteiger partial charge in [0.25, 0.3) is 0 Å².